The average molecular weight is 343 g/mol. The Bertz CT molecular complexity index is 733. The SMILES string of the molecule is COc1ccccc1C(=O)N1CCC(c2nnc(C3CC3)s2)CC1. The lowest BCUT2D eigenvalue weighted by Gasteiger charge is -2.31. The van der Waals surface area contributed by atoms with Gasteiger partial charge in [-0.05, 0) is 37.8 Å². The number of amides is 1. The first-order valence-electron chi connectivity index (χ1n) is 8.52. The van der Waals surface area contributed by atoms with Crippen molar-refractivity contribution in [3.8, 4) is 5.75 Å². The fourth-order valence-electron chi connectivity index (χ4n) is 3.23. The van der Waals surface area contributed by atoms with Gasteiger partial charge < -0.3 is 9.64 Å². The number of benzene rings is 1. The molecule has 2 aliphatic rings. The summed E-state index contributed by atoms with van der Waals surface area (Å²) >= 11 is 1.78. The summed E-state index contributed by atoms with van der Waals surface area (Å²) in [5.41, 5.74) is 0.644. The first-order valence-corrected chi connectivity index (χ1v) is 9.33. The molecule has 1 aliphatic heterocycles. The van der Waals surface area contributed by atoms with E-state index in [1.165, 1.54) is 17.8 Å². The minimum atomic E-state index is 0.0573. The number of ether oxygens (including phenoxy) is 1. The van der Waals surface area contributed by atoms with Gasteiger partial charge in [-0.15, -0.1) is 21.5 Å². The molecule has 4 rings (SSSR count). The molecule has 0 N–H and O–H groups in total. The number of carbonyl (C=O) groups is 1. The minimum absolute atomic E-state index is 0.0573. The second-order valence-corrected chi connectivity index (χ2v) is 7.56. The molecule has 2 heterocycles. The van der Waals surface area contributed by atoms with Crippen LogP contribution in [-0.2, 0) is 0 Å². The quantitative estimate of drug-likeness (QED) is 0.853. The van der Waals surface area contributed by atoms with Crippen LogP contribution in [0.4, 0.5) is 0 Å². The molecule has 6 heteroatoms. The maximum absolute atomic E-state index is 12.7. The third kappa shape index (κ3) is 3.02. The van der Waals surface area contributed by atoms with Gasteiger partial charge in [-0.2, -0.15) is 0 Å². The summed E-state index contributed by atoms with van der Waals surface area (Å²) in [4.78, 5) is 14.7. The number of hydrogen-bond donors (Lipinski definition) is 0. The second-order valence-electron chi connectivity index (χ2n) is 6.52. The number of nitrogens with zero attached hydrogens (tertiary/aromatic N) is 3. The first kappa shape index (κ1) is 15.6. The molecule has 2 aromatic rings. The third-order valence-electron chi connectivity index (χ3n) is 4.85. The van der Waals surface area contributed by atoms with Crippen molar-refractivity contribution in [1.82, 2.24) is 15.1 Å². The second kappa shape index (κ2) is 6.51. The van der Waals surface area contributed by atoms with Crippen LogP contribution in [0.15, 0.2) is 24.3 Å². The number of carbonyl (C=O) groups excluding carboxylic acids is 1. The molecule has 1 saturated heterocycles. The lowest BCUT2D eigenvalue weighted by Crippen LogP contribution is -2.38. The van der Waals surface area contributed by atoms with Gasteiger partial charge in [0, 0.05) is 24.9 Å². The van der Waals surface area contributed by atoms with Gasteiger partial charge in [0.25, 0.3) is 5.91 Å². The van der Waals surface area contributed by atoms with Crippen molar-refractivity contribution in [2.24, 2.45) is 0 Å². The molecule has 1 aromatic heterocycles. The van der Waals surface area contributed by atoms with Crippen molar-refractivity contribution < 1.29 is 9.53 Å². The Labute approximate surface area is 145 Å². The predicted molar refractivity (Wildman–Crippen MR) is 92.8 cm³/mol. The molecule has 0 bridgehead atoms. The van der Waals surface area contributed by atoms with E-state index < -0.39 is 0 Å². The number of para-hydroxylation sites is 1. The molecule has 1 amide bonds. The van der Waals surface area contributed by atoms with Crippen molar-refractivity contribution in [2.75, 3.05) is 20.2 Å². The molecule has 24 heavy (non-hydrogen) atoms. The van der Waals surface area contributed by atoms with Gasteiger partial charge >= 0.3 is 0 Å². The van der Waals surface area contributed by atoms with E-state index >= 15 is 0 Å². The van der Waals surface area contributed by atoms with Gasteiger partial charge in [0.2, 0.25) is 0 Å². The maximum Gasteiger partial charge on any atom is 0.257 e. The molecule has 0 radical (unpaired) electrons. The number of aromatic nitrogens is 2. The van der Waals surface area contributed by atoms with Crippen LogP contribution in [-0.4, -0.2) is 41.2 Å². The van der Waals surface area contributed by atoms with Gasteiger partial charge in [0.1, 0.15) is 15.8 Å². The van der Waals surface area contributed by atoms with Crippen LogP contribution in [0.1, 0.15) is 57.9 Å². The molecular weight excluding hydrogens is 322 g/mol. The highest BCUT2D eigenvalue weighted by Crippen LogP contribution is 2.43. The van der Waals surface area contributed by atoms with Gasteiger partial charge in [0.05, 0.1) is 12.7 Å². The van der Waals surface area contributed by atoms with Crippen molar-refractivity contribution in [3.63, 3.8) is 0 Å². The van der Waals surface area contributed by atoms with Crippen LogP contribution >= 0.6 is 11.3 Å². The Morgan fingerprint density at radius 2 is 1.71 bits per heavy atom. The van der Waals surface area contributed by atoms with Gasteiger partial charge in [0.15, 0.2) is 0 Å². The van der Waals surface area contributed by atoms with Crippen molar-refractivity contribution in [2.45, 2.75) is 37.5 Å². The summed E-state index contributed by atoms with van der Waals surface area (Å²) in [6, 6.07) is 7.43. The van der Waals surface area contributed by atoms with E-state index in [0.717, 1.165) is 30.9 Å². The monoisotopic (exact) mass is 343 g/mol. The fraction of sp³-hybridized carbons (Fsp3) is 0.500. The number of likely N-dealkylation sites (tertiary alicyclic amines) is 1. The molecule has 126 valence electrons. The van der Waals surface area contributed by atoms with E-state index in [9.17, 15) is 4.79 Å². The van der Waals surface area contributed by atoms with E-state index in [1.807, 2.05) is 29.2 Å². The van der Waals surface area contributed by atoms with Gasteiger partial charge in [-0.25, -0.2) is 0 Å². The number of methoxy groups -OCH3 is 1. The maximum atomic E-state index is 12.7. The molecular formula is C18H21N3O2S. The summed E-state index contributed by atoms with van der Waals surface area (Å²) in [5.74, 6) is 1.81. The number of hydrogen-bond acceptors (Lipinski definition) is 5. The van der Waals surface area contributed by atoms with Crippen molar-refractivity contribution in [3.05, 3.63) is 39.8 Å². The Morgan fingerprint density at radius 3 is 2.33 bits per heavy atom. The lowest BCUT2D eigenvalue weighted by molar-refractivity contribution is 0.0709. The first-order chi connectivity index (χ1) is 11.8. The van der Waals surface area contributed by atoms with Crippen LogP contribution in [0, 0.1) is 0 Å². The normalized spacial score (nSPS) is 18.6. The Morgan fingerprint density at radius 1 is 1.08 bits per heavy atom. The standard InChI is InChI=1S/C18H21N3O2S/c1-23-15-5-3-2-4-14(15)18(22)21-10-8-13(9-11-21)17-20-19-16(24-17)12-6-7-12/h2-5,12-13H,6-11H2,1H3. The highest BCUT2D eigenvalue weighted by atomic mass is 32.1. The summed E-state index contributed by atoms with van der Waals surface area (Å²) in [6.45, 7) is 1.53. The van der Waals surface area contributed by atoms with Crippen LogP contribution in [0.5, 0.6) is 5.75 Å². The van der Waals surface area contributed by atoms with E-state index in [2.05, 4.69) is 10.2 Å². The zero-order valence-electron chi connectivity index (χ0n) is 13.8. The van der Waals surface area contributed by atoms with Crippen LogP contribution in [0.25, 0.3) is 0 Å². The lowest BCUT2D eigenvalue weighted by atomic mass is 9.97. The summed E-state index contributed by atoms with van der Waals surface area (Å²) < 4.78 is 5.31. The average Bonchev–Trinajstić information content (AvgIpc) is 3.38. The van der Waals surface area contributed by atoms with Crippen molar-refractivity contribution >= 4 is 17.2 Å². The van der Waals surface area contributed by atoms with E-state index in [4.69, 9.17) is 4.74 Å². The highest BCUT2D eigenvalue weighted by molar-refractivity contribution is 7.11. The molecule has 0 spiro atoms. The molecule has 0 atom stereocenters. The molecule has 2 fully saturated rings. The third-order valence-corrected chi connectivity index (χ3v) is 6.10. The summed E-state index contributed by atoms with van der Waals surface area (Å²) in [5, 5.41) is 11.1. The van der Waals surface area contributed by atoms with Crippen molar-refractivity contribution in [1.29, 1.82) is 0 Å². The molecule has 0 unspecified atom stereocenters. The smallest absolute Gasteiger partial charge is 0.257 e. The van der Waals surface area contributed by atoms with Crippen LogP contribution < -0.4 is 4.74 Å². The molecule has 5 nitrogen and oxygen atoms in total. The summed E-state index contributed by atoms with van der Waals surface area (Å²) in [6.07, 6.45) is 4.45. The van der Waals surface area contributed by atoms with Gasteiger partial charge in [-0.3, -0.25) is 4.79 Å². The zero-order valence-corrected chi connectivity index (χ0v) is 14.6. The molecule has 1 aliphatic carbocycles. The zero-order chi connectivity index (χ0) is 16.5. The highest BCUT2D eigenvalue weighted by Gasteiger charge is 2.31. The topological polar surface area (TPSA) is 55.3 Å². The van der Waals surface area contributed by atoms with Crippen LogP contribution in [0.3, 0.4) is 0 Å². The minimum Gasteiger partial charge on any atom is -0.496 e. The Kier molecular flexibility index (Phi) is 4.22. The number of rotatable bonds is 4. The molecule has 1 aromatic carbocycles. The van der Waals surface area contributed by atoms with Crippen LogP contribution in [0.2, 0.25) is 0 Å². The largest absolute Gasteiger partial charge is 0.496 e. The number of piperidine rings is 1. The van der Waals surface area contributed by atoms with Gasteiger partial charge in [-0.1, -0.05) is 12.1 Å². The molecule has 1 saturated carbocycles. The summed E-state index contributed by atoms with van der Waals surface area (Å²) in [7, 11) is 1.60. The fourth-order valence-corrected chi connectivity index (χ4v) is 4.41. The predicted octanol–water partition coefficient (Wildman–Crippen LogP) is 3.44. The van der Waals surface area contributed by atoms with E-state index in [0.29, 0.717) is 23.1 Å². The Balaban J connectivity index is 1.40. The Hall–Kier alpha value is -1.95. The van der Waals surface area contributed by atoms with E-state index in [1.54, 1.807) is 18.4 Å². The van der Waals surface area contributed by atoms with E-state index in [-0.39, 0.29) is 5.91 Å².